The van der Waals surface area contributed by atoms with E-state index < -0.39 is 0 Å². The SMILES string of the molecule is Cc1ccc(C)c(N2CCN([C@H](c3ccccc3Cl)c3nnnn3C(C)C)CC2)c1. The van der Waals surface area contributed by atoms with Gasteiger partial charge < -0.3 is 4.90 Å². The summed E-state index contributed by atoms with van der Waals surface area (Å²) in [7, 11) is 0. The Kier molecular flexibility index (Phi) is 6.06. The first-order valence-corrected chi connectivity index (χ1v) is 10.9. The lowest BCUT2D eigenvalue weighted by Gasteiger charge is -2.40. The average molecular weight is 425 g/mol. The van der Waals surface area contributed by atoms with Crippen LogP contribution in [0.5, 0.6) is 0 Å². The minimum absolute atomic E-state index is 0.0724. The molecule has 2 heterocycles. The second-order valence-electron chi connectivity index (χ2n) is 8.31. The molecule has 0 amide bonds. The summed E-state index contributed by atoms with van der Waals surface area (Å²) in [6.07, 6.45) is 0. The van der Waals surface area contributed by atoms with Crippen molar-refractivity contribution < 1.29 is 0 Å². The zero-order valence-corrected chi connectivity index (χ0v) is 18.8. The molecule has 0 unspecified atom stereocenters. The first-order chi connectivity index (χ1) is 14.5. The molecule has 158 valence electrons. The summed E-state index contributed by atoms with van der Waals surface area (Å²) in [4.78, 5) is 4.93. The lowest BCUT2D eigenvalue weighted by molar-refractivity contribution is 0.199. The van der Waals surface area contributed by atoms with Gasteiger partial charge in [0.25, 0.3) is 0 Å². The predicted molar refractivity (Wildman–Crippen MR) is 121 cm³/mol. The number of anilines is 1. The summed E-state index contributed by atoms with van der Waals surface area (Å²) in [5.74, 6) is 0.846. The highest BCUT2D eigenvalue weighted by molar-refractivity contribution is 6.31. The molecular weight excluding hydrogens is 396 g/mol. The molecular formula is C23H29ClN6. The van der Waals surface area contributed by atoms with Gasteiger partial charge in [-0.1, -0.05) is 41.9 Å². The Morgan fingerprint density at radius 1 is 0.967 bits per heavy atom. The number of nitrogens with zero attached hydrogens (tertiary/aromatic N) is 6. The van der Waals surface area contributed by atoms with Gasteiger partial charge >= 0.3 is 0 Å². The van der Waals surface area contributed by atoms with Gasteiger partial charge in [0.1, 0.15) is 0 Å². The molecule has 30 heavy (non-hydrogen) atoms. The molecule has 1 aliphatic heterocycles. The van der Waals surface area contributed by atoms with Crippen LogP contribution in [0.2, 0.25) is 5.02 Å². The van der Waals surface area contributed by atoms with Crippen molar-refractivity contribution in [2.24, 2.45) is 0 Å². The van der Waals surface area contributed by atoms with E-state index in [1.807, 2.05) is 22.9 Å². The van der Waals surface area contributed by atoms with Crippen molar-refractivity contribution in [2.75, 3.05) is 31.1 Å². The highest BCUT2D eigenvalue weighted by Gasteiger charge is 2.32. The van der Waals surface area contributed by atoms with Crippen molar-refractivity contribution in [1.82, 2.24) is 25.1 Å². The Morgan fingerprint density at radius 3 is 2.40 bits per heavy atom. The third-order valence-electron chi connectivity index (χ3n) is 5.84. The van der Waals surface area contributed by atoms with Crippen molar-refractivity contribution in [2.45, 2.75) is 39.8 Å². The van der Waals surface area contributed by atoms with Gasteiger partial charge in [0.15, 0.2) is 5.82 Å². The fraction of sp³-hybridized carbons (Fsp3) is 0.435. The number of tetrazole rings is 1. The van der Waals surface area contributed by atoms with E-state index in [0.717, 1.165) is 42.6 Å². The molecule has 2 aromatic carbocycles. The monoisotopic (exact) mass is 424 g/mol. The Morgan fingerprint density at radius 2 is 1.70 bits per heavy atom. The zero-order chi connectivity index (χ0) is 21.3. The maximum Gasteiger partial charge on any atom is 0.173 e. The van der Waals surface area contributed by atoms with Crippen molar-refractivity contribution in [1.29, 1.82) is 0 Å². The van der Waals surface area contributed by atoms with Crippen LogP contribution >= 0.6 is 11.6 Å². The molecule has 4 rings (SSSR count). The molecule has 0 spiro atoms. The second kappa shape index (κ2) is 8.74. The molecule has 3 aromatic rings. The standard InChI is InChI=1S/C23H29ClN6/c1-16(2)30-23(25-26-27-30)22(19-7-5-6-8-20(19)24)29-13-11-28(12-14-29)21-15-17(3)9-10-18(21)4/h5-10,15-16,22H,11-14H2,1-4H3/t22-/m1/s1. The Bertz CT molecular complexity index is 1010. The number of aromatic nitrogens is 4. The summed E-state index contributed by atoms with van der Waals surface area (Å²) in [5, 5.41) is 13.4. The number of aryl methyl sites for hydroxylation is 2. The molecule has 1 fully saturated rings. The molecule has 1 saturated heterocycles. The predicted octanol–water partition coefficient (Wildman–Crippen LogP) is 4.44. The number of hydrogen-bond acceptors (Lipinski definition) is 5. The van der Waals surface area contributed by atoms with Gasteiger partial charge in [-0.2, -0.15) is 0 Å². The van der Waals surface area contributed by atoms with E-state index >= 15 is 0 Å². The van der Waals surface area contributed by atoms with E-state index in [1.165, 1.54) is 16.8 Å². The molecule has 1 aliphatic rings. The van der Waals surface area contributed by atoms with Crippen LogP contribution in [0.3, 0.4) is 0 Å². The van der Waals surface area contributed by atoms with Crippen molar-refractivity contribution in [3.63, 3.8) is 0 Å². The number of benzene rings is 2. The average Bonchev–Trinajstić information content (AvgIpc) is 3.22. The van der Waals surface area contributed by atoms with E-state index in [0.29, 0.717) is 0 Å². The van der Waals surface area contributed by atoms with Crippen molar-refractivity contribution in [3.05, 3.63) is 70.0 Å². The topological polar surface area (TPSA) is 50.1 Å². The van der Waals surface area contributed by atoms with Crippen LogP contribution in [0.4, 0.5) is 5.69 Å². The number of rotatable bonds is 5. The molecule has 1 atom stereocenters. The van der Waals surface area contributed by atoms with Crippen molar-refractivity contribution >= 4 is 17.3 Å². The summed E-state index contributed by atoms with van der Waals surface area (Å²) in [6.45, 7) is 12.3. The zero-order valence-electron chi connectivity index (χ0n) is 18.1. The molecule has 6 nitrogen and oxygen atoms in total. The number of piperazine rings is 1. The highest BCUT2D eigenvalue weighted by Crippen LogP contribution is 2.34. The van der Waals surface area contributed by atoms with E-state index in [2.05, 4.69) is 77.3 Å². The normalized spacial score (nSPS) is 16.3. The number of hydrogen-bond donors (Lipinski definition) is 0. The van der Waals surface area contributed by atoms with Gasteiger partial charge in [-0.05, 0) is 66.9 Å². The summed E-state index contributed by atoms with van der Waals surface area (Å²) in [5.41, 5.74) is 5.00. The van der Waals surface area contributed by atoms with Crippen molar-refractivity contribution in [3.8, 4) is 0 Å². The fourth-order valence-electron chi connectivity index (χ4n) is 4.23. The summed E-state index contributed by atoms with van der Waals surface area (Å²) >= 11 is 6.63. The lowest BCUT2D eigenvalue weighted by atomic mass is 10.0. The smallest absolute Gasteiger partial charge is 0.173 e. The van der Waals surface area contributed by atoms with Crippen LogP contribution in [-0.2, 0) is 0 Å². The highest BCUT2D eigenvalue weighted by atomic mass is 35.5. The van der Waals surface area contributed by atoms with E-state index in [-0.39, 0.29) is 12.1 Å². The van der Waals surface area contributed by atoms with Gasteiger partial charge in [0.2, 0.25) is 0 Å². The first kappa shape index (κ1) is 20.8. The van der Waals surface area contributed by atoms with E-state index in [1.54, 1.807) is 0 Å². The largest absolute Gasteiger partial charge is 0.369 e. The van der Waals surface area contributed by atoms with Crippen LogP contribution in [0.25, 0.3) is 0 Å². The quantitative estimate of drug-likeness (QED) is 0.606. The molecule has 0 radical (unpaired) electrons. The molecule has 0 N–H and O–H groups in total. The molecule has 0 bridgehead atoms. The maximum atomic E-state index is 6.63. The maximum absolute atomic E-state index is 6.63. The van der Waals surface area contributed by atoms with Gasteiger partial charge in [-0.15, -0.1) is 5.10 Å². The first-order valence-electron chi connectivity index (χ1n) is 10.5. The second-order valence-corrected chi connectivity index (χ2v) is 8.72. The van der Waals surface area contributed by atoms with Crippen LogP contribution in [0.1, 0.15) is 48.4 Å². The Hall–Kier alpha value is -2.44. The summed E-state index contributed by atoms with van der Waals surface area (Å²) in [6, 6.07) is 14.8. The van der Waals surface area contributed by atoms with Crippen LogP contribution in [0.15, 0.2) is 42.5 Å². The third kappa shape index (κ3) is 4.07. The van der Waals surface area contributed by atoms with Gasteiger partial charge in [0, 0.05) is 36.9 Å². The molecule has 7 heteroatoms. The van der Waals surface area contributed by atoms with Crippen LogP contribution in [-0.4, -0.2) is 51.3 Å². The molecule has 0 saturated carbocycles. The van der Waals surface area contributed by atoms with Gasteiger partial charge in [0.05, 0.1) is 12.1 Å². The van der Waals surface area contributed by atoms with E-state index in [4.69, 9.17) is 11.6 Å². The Balaban J connectivity index is 1.64. The van der Waals surface area contributed by atoms with Gasteiger partial charge in [-0.3, -0.25) is 4.90 Å². The van der Waals surface area contributed by atoms with Crippen LogP contribution in [0, 0.1) is 13.8 Å². The van der Waals surface area contributed by atoms with E-state index in [9.17, 15) is 0 Å². The lowest BCUT2D eigenvalue weighted by Crippen LogP contribution is -2.48. The minimum atomic E-state index is -0.0724. The van der Waals surface area contributed by atoms with Crippen LogP contribution < -0.4 is 4.90 Å². The summed E-state index contributed by atoms with van der Waals surface area (Å²) < 4.78 is 1.91. The van der Waals surface area contributed by atoms with Gasteiger partial charge in [-0.25, -0.2) is 4.68 Å². The Labute approximate surface area is 183 Å². The molecule has 1 aromatic heterocycles. The third-order valence-corrected chi connectivity index (χ3v) is 6.18. The minimum Gasteiger partial charge on any atom is -0.369 e. The fourth-order valence-corrected chi connectivity index (χ4v) is 4.46. The number of halogens is 1. The molecule has 0 aliphatic carbocycles.